The Hall–Kier alpha value is -1.91. The Balaban J connectivity index is 2.80. The summed E-state index contributed by atoms with van der Waals surface area (Å²) in [5.74, 6) is -0.546. The quantitative estimate of drug-likeness (QED) is 0.735. The molecule has 0 spiro atoms. The third-order valence-electron chi connectivity index (χ3n) is 2.55. The van der Waals surface area contributed by atoms with E-state index in [-0.39, 0.29) is 18.4 Å². The molecule has 0 aliphatic rings. The number of ether oxygens (including phenoxy) is 1. The Morgan fingerprint density at radius 3 is 2.68 bits per heavy atom. The number of carbonyl (C=O) groups excluding carboxylic acids is 2. The first-order chi connectivity index (χ1) is 9.08. The van der Waals surface area contributed by atoms with E-state index in [0.717, 1.165) is 12.1 Å². The number of carbonyl (C=O) groups is 2. The molecule has 0 N–H and O–H groups in total. The Morgan fingerprint density at radius 1 is 1.37 bits per heavy atom. The number of esters is 1. The topological polar surface area (TPSA) is 59.5 Å². The van der Waals surface area contributed by atoms with Gasteiger partial charge in [0.2, 0.25) is 0 Å². The third kappa shape index (κ3) is 4.69. The molecule has 0 aromatic carbocycles. The maximum atomic E-state index is 12.3. The van der Waals surface area contributed by atoms with Gasteiger partial charge < -0.3 is 9.64 Å². The largest absolute Gasteiger partial charge is 0.465 e. The van der Waals surface area contributed by atoms with Gasteiger partial charge in [0.1, 0.15) is 6.54 Å². The Labute approximate surface area is 113 Å². The summed E-state index contributed by atoms with van der Waals surface area (Å²) in [6.07, 6.45) is 2.38. The normalized spacial score (nSPS) is 10.1. The molecule has 0 aliphatic carbocycles. The molecule has 0 saturated heterocycles. The number of hydrogen-bond acceptors (Lipinski definition) is 4. The molecule has 0 bridgehead atoms. The second-order valence-corrected chi connectivity index (χ2v) is 4.22. The second kappa shape index (κ2) is 7.51. The molecule has 0 saturated carbocycles. The predicted molar refractivity (Wildman–Crippen MR) is 71.8 cm³/mol. The van der Waals surface area contributed by atoms with E-state index in [0.29, 0.717) is 18.7 Å². The standard InChI is InChI=1S/C14H20N2O3/c1-4-8-16(10-13(17)19-5-2)14(18)12-6-7-15-11(3)9-12/h6-7,9H,4-5,8,10H2,1-3H3. The average Bonchev–Trinajstić information content (AvgIpc) is 2.37. The lowest BCUT2D eigenvalue weighted by molar-refractivity contribution is -0.143. The van der Waals surface area contributed by atoms with E-state index in [9.17, 15) is 9.59 Å². The van der Waals surface area contributed by atoms with Gasteiger partial charge in [-0.25, -0.2) is 0 Å². The van der Waals surface area contributed by atoms with Crippen molar-refractivity contribution >= 4 is 11.9 Å². The van der Waals surface area contributed by atoms with Crippen molar-refractivity contribution in [1.29, 1.82) is 0 Å². The van der Waals surface area contributed by atoms with E-state index in [2.05, 4.69) is 4.98 Å². The van der Waals surface area contributed by atoms with Crippen molar-refractivity contribution in [3.8, 4) is 0 Å². The molecule has 1 rings (SSSR count). The molecule has 0 fully saturated rings. The van der Waals surface area contributed by atoms with Crippen LogP contribution in [0.5, 0.6) is 0 Å². The Bertz CT molecular complexity index is 446. The van der Waals surface area contributed by atoms with Crippen LogP contribution in [0.1, 0.15) is 36.3 Å². The molecule has 19 heavy (non-hydrogen) atoms. The molecule has 0 unspecified atom stereocenters. The average molecular weight is 264 g/mol. The Kier molecular flexibility index (Phi) is 5.99. The van der Waals surface area contributed by atoms with Gasteiger partial charge in [-0.2, -0.15) is 0 Å². The summed E-state index contributed by atoms with van der Waals surface area (Å²) in [7, 11) is 0. The monoisotopic (exact) mass is 264 g/mol. The van der Waals surface area contributed by atoms with E-state index >= 15 is 0 Å². The number of rotatable bonds is 6. The van der Waals surface area contributed by atoms with Gasteiger partial charge in [0.25, 0.3) is 5.91 Å². The highest BCUT2D eigenvalue weighted by molar-refractivity contribution is 5.96. The predicted octanol–water partition coefficient (Wildman–Crippen LogP) is 1.81. The van der Waals surface area contributed by atoms with E-state index < -0.39 is 0 Å². The van der Waals surface area contributed by atoms with E-state index in [4.69, 9.17) is 4.74 Å². The van der Waals surface area contributed by atoms with Crippen LogP contribution in [-0.2, 0) is 9.53 Å². The number of nitrogens with zero attached hydrogens (tertiary/aromatic N) is 2. The molecule has 5 heteroatoms. The molecule has 1 aromatic rings. The number of hydrogen-bond donors (Lipinski definition) is 0. The molecule has 1 heterocycles. The minimum absolute atomic E-state index is 0.0120. The van der Waals surface area contributed by atoms with Gasteiger partial charge in [0.15, 0.2) is 0 Å². The first-order valence-electron chi connectivity index (χ1n) is 6.46. The van der Waals surface area contributed by atoms with Crippen LogP contribution in [0.3, 0.4) is 0 Å². The molecule has 5 nitrogen and oxygen atoms in total. The summed E-state index contributed by atoms with van der Waals surface area (Å²) in [6.45, 7) is 6.37. The van der Waals surface area contributed by atoms with Crippen molar-refractivity contribution in [3.05, 3.63) is 29.6 Å². The van der Waals surface area contributed by atoms with Crippen molar-refractivity contribution < 1.29 is 14.3 Å². The number of aryl methyl sites for hydroxylation is 1. The number of pyridine rings is 1. The lowest BCUT2D eigenvalue weighted by Crippen LogP contribution is -2.37. The fourth-order valence-corrected chi connectivity index (χ4v) is 1.75. The summed E-state index contributed by atoms with van der Waals surface area (Å²) >= 11 is 0. The molecule has 0 atom stereocenters. The summed E-state index contributed by atoms with van der Waals surface area (Å²) in [6, 6.07) is 3.37. The van der Waals surface area contributed by atoms with Crippen LogP contribution < -0.4 is 0 Å². The molecular formula is C14H20N2O3. The molecule has 0 aliphatic heterocycles. The fourth-order valence-electron chi connectivity index (χ4n) is 1.75. The lowest BCUT2D eigenvalue weighted by Gasteiger charge is -2.21. The SMILES string of the molecule is CCCN(CC(=O)OCC)C(=O)c1ccnc(C)c1. The second-order valence-electron chi connectivity index (χ2n) is 4.22. The molecule has 0 radical (unpaired) electrons. The minimum Gasteiger partial charge on any atom is -0.465 e. The zero-order valence-electron chi connectivity index (χ0n) is 11.7. The van der Waals surface area contributed by atoms with Gasteiger partial charge in [0.05, 0.1) is 6.61 Å². The van der Waals surface area contributed by atoms with Gasteiger partial charge in [0, 0.05) is 24.0 Å². The highest BCUT2D eigenvalue weighted by Crippen LogP contribution is 2.07. The van der Waals surface area contributed by atoms with Gasteiger partial charge in [-0.1, -0.05) is 6.92 Å². The van der Waals surface area contributed by atoms with Crippen LogP contribution in [-0.4, -0.2) is 41.5 Å². The highest BCUT2D eigenvalue weighted by Gasteiger charge is 2.18. The molecule has 1 aromatic heterocycles. The van der Waals surface area contributed by atoms with Crippen molar-refractivity contribution in [2.75, 3.05) is 19.7 Å². The maximum Gasteiger partial charge on any atom is 0.325 e. The lowest BCUT2D eigenvalue weighted by atomic mass is 10.2. The van der Waals surface area contributed by atoms with Gasteiger partial charge in [-0.15, -0.1) is 0 Å². The van der Waals surface area contributed by atoms with E-state index in [1.165, 1.54) is 4.90 Å². The zero-order valence-corrected chi connectivity index (χ0v) is 11.7. The molecular weight excluding hydrogens is 244 g/mol. The fraction of sp³-hybridized carbons (Fsp3) is 0.500. The van der Waals surface area contributed by atoms with E-state index in [1.807, 2.05) is 13.8 Å². The van der Waals surface area contributed by atoms with Crippen LogP contribution in [0, 0.1) is 6.92 Å². The zero-order chi connectivity index (χ0) is 14.3. The first-order valence-corrected chi connectivity index (χ1v) is 6.46. The van der Waals surface area contributed by atoms with Crippen molar-refractivity contribution in [1.82, 2.24) is 9.88 Å². The molecule has 104 valence electrons. The first kappa shape index (κ1) is 15.1. The van der Waals surface area contributed by atoms with Crippen LogP contribution in [0.2, 0.25) is 0 Å². The summed E-state index contributed by atoms with van der Waals surface area (Å²) in [4.78, 5) is 29.4. The summed E-state index contributed by atoms with van der Waals surface area (Å²) in [5, 5.41) is 0. The van der Waals surface area contributed by atoms with Crippen molar-refractivity contribution in [2.45, 2.75) is 27.2 Å². The maximum absolute atomic E-state index is 12.3. The smallest absolute Gasteiger partial charge is 0.325 e. The summed E-state index contributed by atoms with van der Waals surface area (Å²) in [5.41, 5.74) is 1.32. The van der Waals surface area contributed by atoms with Crippen molar-refractivity contribution in [2.24, 2.45) is 0 Å². The van der Waals surface area contributed by atoms with Crippen LogP contribution in [0.25, 0.3) is 0 Å². The van der Waals surface area contributed by atoms with Gasteiger partial charge >= 0.3 is 5.97 Å². The van der Waals surface area contributed by atoms with Gasteiger partial charge in [-0.05, 0) is 32.4 Å². The van der Waals surface area contributed by atoms with Gasteiger partial charge in [-0.3, -0.25) is 14.6 Å². The van der Waals surface area contributed by atoms with Crippen LogP contribution in [0.15, 0.2) is 18.3 Å². The van der Waals surface area contributed by atoms with E-state index in [1.54, 1.807) is 25.3 Å². The van der Waals surface area contributed by atoms with Crippen LogP contribution in [0.4, 0.5) is 0 Å². The number of aromatic nitrogens is 1. The minimum atomic E-state index is -0.380. The molecule has 1 amide bonds. The van der Waals surface area contributed by atoms with Crippen molar-refractivity contribution in [3.63, 3.8) is 0 Å². The number of amides is 1. The Morgan fingerprint density at radius 2 is 2.11 bits per heavy atom. The third-order valence-corrected chi connectivity index (χ3v) is 2.55. The summed E-state index contributed by atoms with van der Waals surface area (Å²) < 4.78 is 4.88. The van der Waals surface area contributed by atoms with Crippen LogP contribution >= 0.6 is 0 Å². The highest BCUT2D eigenvalue weighted by atomic mass is 16.5.